The molecule has 3 rings (SSSR count). The molecule has 0 atom stereocenters. The summed E-state index contributed by atoms with van der Waals surface area (Å²) in [6, 6.07) is 9.99. The number of aromatic nitrogens is 3. The second-order valence-corrected chi connectivity index (χ2v) is 5.35. The number of hydrogen-bond acceptors (Lipinski definition) is 4. The van der Waals surface area contributed by atoms with Gasteiger partial charge in [0.25, 0.3) is 0 Å². The van der Waals surface area contributed by atoms with Crippen LogP contribution in [0.15, 0.2) is 36.4 Å². The van der Waals surface area contributed by atoms with Gasteiger partial charge < -0.3 is 10.2 Å². The van der Waals surface area contributed by atoms with Crippen molar-refractivity contribution in [1.29, 1.82) is 0 Å². The molecule has 6 nitrogen and oxygen atoms in total. The number of para-hydroxylation sites is 2. The maximum atomic E-state index is 11.5. The van der Waals surface area contributed by atoms with E-state index in [0.29, 0.717) is 28.7 Å². The molecule has 0 bridgehead atoms. The van der Waals surface area contributed by atoms with Crippen molar-refractivity contribution in [2.45, 2.75) is 26.2 Å². The fourth-order valence-corrected chi connectivity index (χ4v) is 2.58. The number of carboxylic acid groups (broad SMARTS) is 1. The van der Waals surface area contributed by atoms with Crippen LogP contribution in [0.5, 0.6) is 5.75 Å². The molecule has 0 saturated heterocycles. The maximum Gasteiger partial charge on any atom is 0.336 e. The molecule has 0 radical (unpaired) electrons. The van der Waals surface area contributed by atoms with E-state index in [2.05, 4.69) is 17.1 Å². The van der Waals surface area contributed by atoms with E-state index in [1.54, 1.807) is 36.4 Å². The van der Waals surface area contributed by atoms with Crippen LogP contribution < -0.4 is 0 Å². The van der Waals surface area contributed by atoms with E-state index < -0.39 is 5.97 Å². The van der Waals surface area contributed by atoms with Crippen molar-refractivity contribution >= 4 is 17.0 Å². The Balaban J connectivity index is 2.19. The normalized spacial score (nSPS) is 11.0. The Bertz CT molecular complexity index is 871. The van der Waals surface area contributed by atoms with Crippen LogP contribution in [0.1, 0.15) is 35.7 Å². The smallest absolute Gasteiger partial charge is 0.336 e. The van der Waals surface area contributed by atoms with Crippen molar-refractivity contribution in [3.63, 3.8) is 0 Å². The second-order valence-electron chi connectivity index (χ2n) is 5.35. The summed E-state index contributed by atoms with van der Waals surface area (Å²) < 4.78 is 0. The quantitative estimate of drug-likeness (QED) is 0.755. The van der Waals surface area contributed by atoms with Gasteiger partial charge in [0.05, 0.1) is 5.56 Å². The highest BCUT2D eigenvalue weighted by molar-refractivity contribution is 5.95. The zero-order chi connectivity index (χ0) is 16.4. The van der Waals surface area contributed by atoms with Crippen LogP contribution >= 0.6 is 0 Å². The Morgan fingerprint density at radius 2 is 1.96 bits per heavy atom. The molecule has 2 N–H and O–H groups in total. The Hall–Kier alpha value is -2.89. The molecular formula is C17H17N3O3. The highest BCUT2D eigenvalue weighted by atomic mass is 16.4. The predicted octanol–water partition coefficient (Wildman–Crippen LogP) is 3.17. The van der Waals surface area contributed by atoms with E-state index in [4.69, 9.17) is 0 Å². The Labute approximate surface area is 133 Å². The topological polar surface area (TPSA) is 88.2 Å². The van der Waals surface area contributed by atoms with Crippen LogP contribution in [0, 0.1) is 0 Å². The van der Waals surface area contributed by atoms with E-state index in [1.807, 2.05) is 0 Å². The van der Waals surface area contributed by atoms with Gasteiger partial charge in [0.1, 0.15) is 22.5 Å². The number of benzene rings is 2. The molecule has 1 heterocycles. The van der Waals surface area contributed by atoms with E-state index in [0.717, 1.165) is 12.8 Å². The van der Waals surface area contributed by atoms with Crippen LogP contribution in [0.3, 0.4) is 0 Å². The molecule has 3 aromatic rings. The summed E-state index contributed by atoms with van der Waals surface area (Å²) >= 11 is 0. The molecule has 0 unspecified atom stereocenters. The molecule has 0 fully saturated rings. The zero-order valence-corrected chi connectivity index (χ0v) is 12.7. The lowest BCUT2D eigenvalue weighted by Gasteiger charge is -2.05. The molecule has 0 aliphatic carbocycles. The third-order valence-corrected chi connectivity index (χ3v) is 3.77. The van der Waals surface area contributed by atoms with Gasteiger partial charge in [-0.2, -0.15) is 0 Å². The number of carboxylic acids is 1. The highest BCUT2D eigenvalue weighted by Crippen LogP contribution is 2.25. The number of nitrogens with zero attached hydrogens (tertiary/aromatic N) is 3. The first-order chi connectivity index (χ1) is 11.1. The Morgan fingerprint density at radius 1 is 1.17 bits per heavy atom. The number of fused-ring (bicyclic) bond motifs is 1. The van der Waals surface area contributed by atoms with Gasteiger partial charge in [0, 0.05) is 0 Å². The average Bonchev–Trinajstić information content (AvgIpc) is 2.96. The average molecular weight is 311 g/mol. The molecular weight excluding hydrogens is 294 g/mol. The molecule has 118 valence electrons. The van der Waals surface area contributed by atoms with Crippen molar-refractivity contribution in [1.82, 2.24) is 15.0 Å². The fraction of sp³-hybridized carbons (Fsp3) is 0.235. The minimum Gasteiger partial charge on any atom is -0.506 e. The zero-order valence-electron chi connectivity index (χ0n) is 12.7. The van der Waals surface area contributed by atoms with Crippen molar-refractivity contribution in [3.8, 4) is 11.4 Å². The van der Waals surface area contributed by atoms with Gasteiger partial charge in [-0.05, 0) is 42.7 Å². The predicted molar refractivity (Wildman–Crippen MR) is 86.1 cm³/mol. The Kier molecular flexibility index (Phi) is 3.97. The minimum absolute atomic E-state index is 0.0707. The summed E-state index contributed by atoms with van der Waals surface area (Å²) in [6.45, 7) is 2.05. The third-order valence-electron chi connectivity index (χ3n) is 3.77. The number of phenolic OH excluding ortho intramolecular Hbond substituents is 1. The lowest BCUT2D eigenvalue weighted by molar-refractivity contribution is 0.0696. The number of rotatable bonds is 5. The molecule has 0 aliphatic rings. The number of hydrogen-bond donors (Lipinski definition) is 2. The van der Waals surface area contributed by atoms with Crippen molar-refractivity contribution < 1.29 is 15.0 Å². The SMILES string of the molecule is CCCCc1c(C(=O)O)ccc2nn(-c3ccccc3O)nc12. The number of aromatic carboxylic acids is 1. The number of carbonyl (C=O) groups is 1. The second kappa shape index (κ2) is 6.08. The van der Waals surface area contributed by atoms with Gasteiger partial charge in [-0.3, -0.25) is 0 Å². The minimum atomic E-state index is -0.963. The molecule has 0 amide bonds. The standard InChI is InChI=1S/C17H17N3O3/c1-2-3-6-11-12(17(22)23)9-10-13-16(11)19-20(18-13)14-7-4-5-8-15(14)21/h4-5,7-10,21H,2-3,6H2,1H3,(H,22,23). The molecule has 1 aromatic heterocycles. The van der Waals surface area contributed by atoms with Crippen LogP contribution in [0.25, 0.3) is 16.7 Å². The van der Waals surface area contributed by atoms with Crippen molar-refractivity contribution in [3.05, 3.63) is 47.5 Å². The van der Waals surface area contributed by atoms with Gasteiger partial charge in [-0.25, -0.2) is 4.79 Å². The maximum absolute atomic E-state index is 11.5. The lowest BCUT2D eigenvalue weighted by atomic mass is 10.0. The van der Waals surface area contributed by atoms with Crippen molar-refractivity contribution in [2.24, 2.45) is 0 Å². The van der Waals surface area contributed by atoms with Gasteiger partial charge in [-0.1, -0.05) is 25.5 Å². The van der Waals surface area contributed by atoms with Crippen LogP contribution in [0.2, 0.25) is 0 Å². The summed E-state index contributed by atoms with van der Waals surface area (Å²) in [7, 11) is 0. The van der Waals surface area contributed by atoms with Crippen LogP contribution in [0.4, 0.5) is 0 Å². The molecule has 23 heavy (non-hydrogen) atoms. The first-order valence-corrected chi connectivity index (χ1v) is 7.52. The summed E-state index contributed by atoms with van der Waals surface area (Å²) in [4.78, 5) is 12.8. The number of aryl methyl sites for hydroxylation is 1. The summed E-state index contributed by atoms with van der Waals surface area (Å²) in [6.07, 6.45) is 2.47. The molecule has 6 heteroatoms. The van der Waals surface area contributed by atoms with Gasteiger partial charge in [-0.15, -0.1) is 15.0 Å². The van der Waals surface area contributed by atoms with Gasteiger partial charge in [0.2, 0.25) is 0 Å². The third kappa shape index (κ3) is 2.75. The van der Waals surface area contributed by atoms with Gasteiger partial charge >= 0.3 is 5.97 Å². The highest BCUT2D eigenvalue weighted by Gasteiger charge is 2.17. The van der Waals surface area contributed by atoms with Crippen molar-refractivity contribution in [2.75, 3.05) is 0 Å². The molecule has 0 spiro atoms. The van der Waals surface area contributed by atoms with Gasteiger partial charge in [0.15, 0.2) is 0 Å². The van der Waals surface area contributed by atoms with E-state index >= 15 is 0 Å². The molecule has 0 aliphatic heterocycles. The fourth-order valence-electron chi connectivity index (χ4n) is 2.58. The Morgan fingerprint density at radius 3 is 2.65 bits per heavy atom. The van der Waals surface area contributed by atoms with E-state index in [9.17, 15) is 15.0 Å². The van der Waals surface area contributed by atoms with Crippen LogP contribution in [-0.2, 0) is 6.42 Å². The van der Waals surface area contributed by atoms with Crippen LogP contribution in [-0.4, -0.2) is 31.2 Å². The van der Waals surface area contributed by atoms with E-state index in [1.165, 1.54) is 4.80 Å². The number of unbranched alkanes of at least 4 members (excludes halogenated alkanes) is 1. The first-order valence-electron chi connectivity index (χ1n) is 7.52. The molecule has 0 saturated carbocycles. The number of aromatic hydroxyl groups is 1. The summed E-state index contributed by atoms with van der Waals surface area (Å²) in [5.41, 5.74) is 2.60. The van der Waals surface area contributed by atoms with E-state index in [-0.39, 0.29) is 11.3 Å². The largest absolute Gasteiger partial charge is 0.506 e. The first kappa shape index (κ1) is 15.0. The number of phenols is 1. The monoisotopic (exact) mass is 311 g/mol. The summed E-state index contributed by atoms with van der Waals surface area (Å²) in [5, 5.41) is 28.1. The lowest BCUT2D eigenvalue weighted by Crippen LogP contribution is -2.03. The molecule has 2 aromatic carbocycles. The summed E-state index contributed by atoms with van der Waals surface area (Å²) in [5.74, 6) is -0.892.